The highest BCUT2D eigenvalue weighted by molar-refractivity contribution is 7.98. The van der Waals surface area contributed by atoms with Gasteiger partial charge in [0.2, 0.25) is 5.88 Å². The smallest absolute Gasteiger partial charge is 0.216 e. The van der Waals surface area contributed by atoms with Crippen molar-refractivity contribution in [2.24, 2.45) is 5.92 Å². The molecule has 0 amide bonds. The van der Waals surface area contributed by atoms with Crippen molar-refractivity contribution in [2.45, 2.75) is 43.9 Å². The van der Waals surface area contributed by atoms with Crippen LogP contribution < -0.4 is 4.74 Å². The maximum atomic E-state index is 6.49. The first-order valence-electron chi connectivity index (χ1n) is 9.26. The first kappa shape index (κ1) is 19.3. The van der Waals surface area contributed by atoms with Gasteiger partial charge in [-0.3, -0.25) is 0 Å². The third kappa shape index (κ3) is 4.27. The lowest BCUT2D eigenvalue weighted by Crippen LogP contribution is -2.01. The molecule has 1 aliphatic rings. The molecule has 1 saturated carbocycles. The Labute approximate surface area is 166 Å². The molecule has 138 valence electrons. The van der Waals surface area contributed by atoms with Gasteiger partial charge in [-0.2, -0.15) is 0 Å². The van der Waals surface area contributed by atoms with Crippen molar-refractivity contribution in [3.05, 3.63) is 58.3 Å². The number of allylic oxidation sites excluding steroid dienone is 1. The molecule has 1 aliphatic carbocycles. The maximum absolute atomic E-state index is 6.49. The second kappa shape index (κ2) is 8.96. The molecular formula is C22H26ClNOS. The minimum Gasteiger partial charge on any atom is -0.481 e. The molecule has 26 heavy (non-hydrogen) atoms. The van der Waals surface area contributed by atoms with Crippen molar-refractivity contribution >= 4 is 28.9 Å². The van der Waals surface area contributed by atoms with Gasteiger partial charge in [0, 0.05) is 16.0 Å². The lowest BCUT2D eigenvalue weighted by atomic mass is 9.95. The maximum Gasteiger partial charge on any atom is 0.216 e. The van der Waals surface area contributed by atoms with E-state index in [9.17, 15) is 0 Å². The normalized spacial score (nSPS) is 15.5. The number of halogens is 1. The number of benzene rings is 1. The quantitative estimate of drug-likeness (QED) is 0.518. The Balaban J connectivity index is 2.08. The van der Waals surface area contributed by atoms with Crippen LogP contribution in [0.5, 0.6) is 5.88 Å². The van der Waals surface area contributed by atoms with E-state index in [0.717, 1.165) is 38.7 Å². The van der Waals surface area contributed by atoms with Crippen molar-refractivity contribution < 1.29 is 4.74 Å². The van der Waals surface area contributed by atoms with Crippen LogP contribution in [-0.4, -0.2) is 18.3 Å². The van der Waals surface area contributed by atoms with E-state index in [1.807, 2.05) is 6.26 Å². The van der Waals surface area contributed by atoms with Gasteiger partial charge in [0.1, 0.15) is 0 Å². The molecule has 0 saturated heterocycles. The summed E-state index contributed by atoms with van der Waals surface area (Å²) in [5.41, 5.74) is 4.37. The summed E-state index contributed by atoms with van der Waals surface area (Å²) in [6, 6.07) is 10.6. The SMILES string of the molecule is CCc1ccc(C(=CC2CCCC2)c2ccc(SC)c(Cl)c2)nc1OC. The highest BCUT2D eigenvalue weighted by Crippen LogP contribution is 2.35. The summed E-state index contributed by atoms with van der Waals surface area (Å²) in [5.74, 6) is 1.33. The van der Waals surface area contributed by atoms with Crippen LogP contribution in [-0.2, 0) is 6.42 Å². The number of hydrogen-bond donors (Lipinski definition) is 0. The van der Waals surface area contributed by atoms with Crippen molar-refractivity contribution in [2.75, 3.05) is 13.4 Å². The van der Waals surface area contributed by atoms with Gasteiger partial charge >= 0.3 is 0 Å². The molecule has 0 N–H and O–H groups in total. The van der Waals surface area contributed by atoms with E-state index in [-0.39, 0.29) is 0 Å². The van der Waals surface area contributed by atoms with E-state index in [2.05, 4.69) is 43.3 Å². The lowest BCUT2D eigenvalue weighted by molar-refractivity contribution is 0.392. The summed E-state index contributed by atoms with van der Waals surface area (Å²) < 4.78 is 5.53. The van der Waals surface area contributed by atoms with Gasteiger partial charge in [-0.05, 0) is 55.2 Å². The minimum atomic E-state index is 0.614. The predicted molar refractivity (Wildman–Crippen MR) is 112 cm³/mol. The molecular weight excluding hydrogens is 362 g/mol. The fraction of sp³-hybridized carbons (Fsp3) is 0.409. The molecule has 0 unspecified atom stereocenters. The molecule has 4 heteroatoms. The average molecular weight is 388 g/mol. The highest BCUT2D eigenvalue weighted by Gasteiger charge is 2.17. The molecule has 1 aromatic carbocycles. The van der Waals surface area contributed by atoms with Gasteiger partial charge in [0.05, 0.1) is 17.8 Å². The predicted octanol–water partition coefficient (Wildman–Crippen LogP) is 6.65. The molecule has 1 aromatic heterocycles. The number of nitrogens with zero attached hydrogens (tertiary/aromatic N) is 1. The average Bonchev–Trinajstić information content (AvgIpc) is 3.18. The van der Waals surface area contributed by atoms with Crippen LogP contribution in [0.1, 0.15) is 49.4 Å². The summed E-state index contributed by atoms with van der Waals surface area (Å²) in [6.45, 7) is 2.12. The van der Waals surface area contributed by atoms with E-state index in [0.29, 0.717) is 11.8 Å². The van der Waals surface area contributed by atoms with Crippen molar-refractivity contribution in [1.29, 1.82) is 0 Å². The van der Waals surface area contributed by atoms with E-state index >= 15 is 0 Å². The molecule has 0 aliphatic heterocycles. The monoisotopic (exact) mass is 387 g/mol. The summed E-state index contributed by atoms with van der Waals surface area (Å²) in [5, 5.41) is 0.796. The molecule has 0 atom stereocenters. The zero-order valence-electron chi connectivity index (χ0n) is 15.7. The van der Waals surface area contributed by atoms with E-state index in [1.54, 1.807) is 18.9 Å². The van der Waals surface area contributed by atoms with Gasteiger partial charge in [0.15, 0.2) is 0 Å². The Hall–Kier alpha value is -1.45. The van der Waals surface area contributed by atoms with Gasteiger partial charge in [-0.25, -0.2) is 4.98 Å². The summed E-state index contributed by atoms with van der Waals surface area (Å²) in [6.07, 6.45) is 10.5. The fourth-order valence-electron chi connectivity index (χ4n) is 3.59. The van der Waals surface area contributed by atoms with Gasteiger partial charge in [0.25, 0.3) is 0 Å². The largest absolute Gasteiger partial charge is 0.481 e. The van der Waals surface area contributed by atoms with Crippen LogP contribution in [0.25, 0.3) is 5.57 Å². The number of aryl methyl sites for hydroxylation is 1. The molecule has 2 aromatic rings. The van der Waals surface area contributed by atoms with Crippen LogP contribution in [0.15, 0.2) is 41.3 Å². The van der Waals surface area contributed by atoms with Gasteiger partial charge in [-0.15, -0.1) is 11.8 Å². The van der Waals surface area contributed by atoms with Gasteiger partial charge in [-0.1, -0.05) is 49.6 Å². The van der Waals surface area contributed by atoms with E-state index < -0.39 is 0 Å². The van der Waals surface area contributed by atoms with Crippen molar-refractivity contribution in [1.82, 2.24) is 4.98 Å². The molecule has 1 heterocycles. The first-order chi connectivity index (χ1) is 12.7. The zero-order chi connectivity index (χ0) is 18.5. The summed E-state index contributed by atoms with van der Waals surface area (Å²) in [7, 11) is 1.69. The standard InChI is InChI=1S/C22H26ClNOS/c1-4-16-9-11-20(24-22(16)25-2)18(13-15-7-5-6-8-15)17-10-12-21(26-3)19(23)14-17/h9-15H,4-8H2,1-3H3. The van der Waals surface area contributed by atoms with Crippen LogP contribution in [0.2, 0.25) is 5.02 Å². The number of aromatic nitrogens is 1. The van der Waals surface area contributed by atoms with E-state index in [1.165, 1.54) is 25.7 Å². The molecule has 0 spiro atoms. The second-order valence-corrected chi connectivity index (χ2v) is 7.95. The molecule has 0 radical (unpaired) electrons. The Kier molecular flexibility index (Phi) is 6.66. The molecule has 2 nitrogen and oxygen atoms in total. The summed E-state index contributed by atoms with van der Waals surface area (Å²) in [4.78, 5) is 5.91. The second-order valence-electron chi connectivity index (χ2n) is 6.69. The van der Waals surface area contributed by atoms with Crippen LogP contribution in [0, 0.1) is 5.92 Å². The van der Waals surface area contributed by atoms with Crippen LogP contribution >= 0.6 is 23.4 Å². The van der Waals surface area contributed by atoms with Crippen LogP contribution in [0.4, 0.5) is 0 Å². The third-order valence-electron chi connectivity index (χ3n) is 5.05. The summed E-state index contributed by atoms with van der Waals surface area (Å²) >= 11 is 8.16. The Morgan fingerprint density at radius 3 is 2.65 bits per heavy atom. The first-order valence-corrected chi connectivity index (χ1v) is 10.9. The van der Waals surface area contributed by atoms with E-state index in [4.69, 9.17) is 21.3 Å². The Morgan fingerprint density at radius 2 is 2.04 bits per heavy atom. The number of methoxy groups -OCH3 is 1. The number of ether oxygens (including phenoxy) is 1. The fourth-order valence-corrected chi connectivity index (χ4v) is 4.46. The third-order valence-corrected chi connectivity index (χ3v) is 6.27. The topological polar surface area (TPSA) is 22.1 Å². The number of hydrogen-bond acceptors (Lipinski definition) is 3. The molecule has 1 fully saturated rings. The van der Waals surface area contributed by atoms with Gasteiger partial charge < -0.3 is 4.74 Å². The lowest BCUT2D eigenvalue weighted by Gasteiger charge is -2.14. The molecule has 0 bridgehead atoms. The number of pyridine rings is 1. The minimum absolute atomic E-state index is 0.614. The zero-order valence-corrected chi connectivity index (χ0v) is 17.3. The highest BCUT2D eigenvalue weighted by atomic mass is 35.5. The Morgan fingerprint density at radius 1 is 1.27 bits per heavy atom. The van der Waals surface area contributed by atoms with Crippen molar-refractivity contribution in [3.63, 3.8) is 0 Å². The number of rotatable bonds is 6. The number of thioether (sulfide) groups is 1. The Bertz CT molecular complexity index is 797. The van der Waals surface area contributed by atoms with Crippen molar-refractivity contribution in [3.8, 4) is 5.88 Å². The van der Waals surface area contributed by atoms with Crippen LogP contribution in [0.3, 0.4) is 0 Å². The molecule has 3 rings (SSSR count).